The summed E-state index contributed by atoms with van der Waals surface area (Å²) in [6, 6.07) is 14.3. The van der Waals surface area contributed by atoms with Crippen molar-refractivity contribution in [3.63, 3.8) is 0 Å². The summed E-state index contributed by atoms with van der Waals surface area (Å²) < 4.78 is 0. The molecule has 3 aromatic rings. The molecule has 4 rings (SSSR count). The molecule has 1 amide bonds. The van der Waals surface area contributed by atoms with Gasteiger partial charge in [0.1, 0.15) is 0 Å². The Bertz CT molecular complexity index is 1260. The predicted octanol–water partition coefficient (Wildman–Crippen LogP) is 4.77. The number of fused-ring (bicyclic) bond motifs is 2. The molecule has 0 saturated heterocycles. The first-order valence-corrected chi connectivity index (χ1v) is 10.2. The van der Waals surface area contributed by atoms with Crippen LogP contribution in [-0.2, 0) is 11.3 Å². The Labute approximate surface area is 181 Å². The first-order valence-electron chi connectivity index (χ1n) is 10.2. The molecule has 5 nitrogen and oxygen atoms in total. The molecular formula is C26H24N2O3. The van der Waals surface area contributed by atoms with E-state index in [-0.39, 0.29) is 17.5 Å². The van der Waals surface area contributed by atoms with E-state index < -0.39 is 0 Å². The number of hydrogen-bond donors (Lipinski definition) is 2. The van der Waals surface area contributed by atoms with E-state index in [4.69, 9.17) is 0 Å². The first-order chi connectivity index (χ1) is 14.8. The number of amides is 1. The quantitative estimate of drug-likeness (QED) is 0.506. The topological polar surface area (TPSA) is 75.3 Å². The smallest absolute Gasteiger partial charge is 0.217 e. The lowest BCUT2D eigenvalue weighted by Crippen LogP contribution is -2.22. The van der Waals surface area contributed by atoms with Crippen molar-refractivity contribution >= 4 is 28.8 Å². The van der Waals surface area contributed by atoms with Gasteiger partial charge in [0, 0.05) is 35.8 Å². The maximum absolute atomic E-state index is 13.3. The van der Waals surface area contributed by atoms with Crippen molar-refractivity contribution < 1.29 is 14.4 Å². The Hall–Kier alpha value is -3.73. The number of nitrogens with one attached hydrogen (secondary N) is 2. The van der Waals surface area contributed by atoms with Crippen LogP contribution in [0.5, 0.6) is 0 Å². The van der Waals surface area contributed by atoms with E-state index in [0.29, 0.717) is 34.5 Å². The van der Waals surface area contributed by atoms with Crippen molar-refractivity contribution in [2.75, 3.05) is 5.32 Å². The summed E-state index contributed by atoms with van der Waals surface area (Å²) in [4.78, 5) is 37.7. The van der Waals surface area contributed by atoms with Gasteiger partial charge in [0.05, 0.1) is 11.3 Å². The zero-order valence-corrected chi connectivity index (χ0v) is 18.1. The number of anilines is 2. The highest BCUT2D eigenvalue weighted by Gasteiger charge is 2.31. The number of aryl methyl sites for hydroxylation is 2. The molecule has 0 saturated carbocycles. The molecule has 31 heavy (non-hydrogen) atoms. The van der Waals surface area contributed by atoms with Crippen LogP contribution in [0.1, 0.15) is 61.0 Å². The van der Waals surface area contributed by atoms with Gasteiger partial charge in [0.25, 0.3) is 0 Å². The average molecular weight is 412 g/mol. The predicted molar refractivity (Wildman–Crippen MR) is 121 cm³/mol. The van der Waals surface area contributed by atoms with Crippen LogP contribution >= 0.6 is 0 Å². The number of carbonyl (C=O) groups excluding carboxylic acids is 3. The number of rotatable bonds is 4. The maximum Gasteiger partial charge on any atom is 0.217 e. The van der Waals surface area contributed by atoms with E-state index in [0.717, 1.165) is 27.9 Å². The van der Waals surface area contributed by atoms with Gasteiger partial charge in [-0.3, -0.25) is 14.4 Å². The molecule has 0 heterocycles. The van der Waals surface area contributed by atoms with Gasteiger partial charge in [-0.15, -0.1) is 0 Å². The Morgan fingerprint density at radius 2 is 1.48 bits per heavy atom. The van der Waals surface area contributed by atoms with Crippen LogP contribution in [0.15, 0.2) is 48.5 Å². The number of carbonyl (C=O) groups is 3. The fraction of sp³-hybridized carbons (Fsp3) is 0.192. The third kappa shape index (κ3) is 3.52. The van der Waals surface area contributed by atoms with Crippen molar-refractivity contribution in [2.24, 2.45) is 0 Å². The van der Waals surface area contributed by atoms with Gasteiger partial charge in [-0.05, 0) is 49.1 Å². The summed E-state index contributed by atoms with van der Waals surface area (Å²) in [5.41, 5.74) is 7.29. The molecule has 1 aliphatic carbocycles. The van der Waals surface area contributed by atoms with Crippen molar-refractivity contribution in [3.8, 4) is 0 Å². The molecule has 0 radical (unpaired) electrons. The molecule has 1 aliphatic rings. The minimum absolute atomic E-state index is 0.0891. The highest BCUT2D eigenvalue weighted by molar-refractivity contribution is 6.30. The lowest BCUT2D eigenvalue weighted by molar-refractivity contribution is -0.119. The molecular weight excluding hydrogens is 388 g/mol. The monoisotopic (exact) mass is 412 g/mol. The Kier molecular flexibility index (Phi) is 5.19. The average Bonchev–Trinajstić information content (AvgIpc) is 2.74. The lowest BCUT2D eigenvalue weighted by Gasteiger charge is -2.23. The summed E-state index contributed by atoms with van der Waals surface area (Å²) in [5.74, 6) is -0.388. The molecule has 0 atom stereocenters. The summed E-state index contributed by atoms with van der Waals surface area (Å²) in [5, 5.41) is 6.28. The molecule has 5 heteroatoms. The van der Waals surface area contributed by atoms with Gasteiger partial charge in [-0.1, -0.05) is 42.5 Å². The number of benzene rings is 3. The number of hydrogen-bond acceptors (Lipinski definition) is 4. The van der Waals surface area contributed by atoms with Crippen LogP contribution in [0.3, 0.4) is 0 Å². The molecule has 156 valence electrons. The summed E-state index contributed by atoms with van der Waals surface area (Å²) >= 11 is 0. The van der Waals surface area contributed by atoms with Gasteiger partial charge in [-0.2, -0.15) is 0 Å². The minimum atomic E-state index is -0.158. The van der Waals surface area contributed by atoms with Crippen molar-refractivity contribution in [1.82, 2.24) is 5.32 Å². The van der Waals surface area contributed by atoms with Crippen LogP contribution in [0, 0.1) is 20.8 Å². The van der Waals surface area contributed by atoms with Crippen LogP contribution in [0.2, 0.25) is 0 Å². The third-order valence-electron chi connectivity index (χ3n) is 5.86. The Morgan fingerprint density at radius 1 is 0.839 bits per heavy atom. The fourth-order valence-corrected chi connectivity index (χ4v) is 4.29. The highest BCUT2D eigenvalue weighted by atomic mass is 16.1. The zero-order valence-electron chi connectivity index (χ0n) is 18.1. The molecule has 0 unspecified atom stereocenters. The second-order valence-corrected chi connectivity index (χ2v) is 7.96. The molecule has 0 fully saturated rings. The van der Waals surface area contributed by atoms with E-state index in [1.54, 1.807) is 36.4 Å². The fourth-order valence-electron chi connectivity index (χ4n) is 4.29. The summed E-state index contributed by atoms with van der Waals surface area (Å²) in [6.45, 7) is 7.94. The zero-order chi connectivity index (χ0) is 22.3. The Balaban J connectivity index is 1.81. The van der Waals surface area contributed by atoms with E-state index in [2.05, 4.69) is 16.7 Å². The van der Waals surface area contributed by atoms with Crippen LogP contribution in [0.4, 0.5) is 11.4 Å². The molecule has 0 spiro atoms. The standard InChI is InChI=1S/C26H24N2O3/c1-14-12-15(2)24(16(3)21(14)13-27-17(4)29)28-22-11-7-10-20-23(22)26(31)19-9-6-5-8-18(19)25(20)30/h5-12,28H,13H2,1-4H3,(H,27,29). The maximum atomic E-state index is 13.3. The second-order valence-electron chi connectivity index (χ2n) is 7.96. The molecule has 2 N–H and O–H groups in total. The van der Waals surface area contributed by atoms with Crippen LogP contribution in [0.25, 0.3) is 0 Å². The van der Waals surface area contributed by atoms with E-state index >= 15 is 0 Å². The van der Waals surface area contributed by atoms with Gasteiger partial charge in [-0.25, -0.2) is 0 Å². The van der Waals surface area contributed by atoms with Gasteiger partial charge in [0.2, 0.25) is 5.91 Å². The largest absolute Gasteiger partial charge is 0.354 e. The van der Waals surface area contributed by atoms with Crippen molar-refractivity contribution in [2.45, 2.75) is 34.2 Å². The molecule has 3 aromatic carbocycles. The second kappa shape index (κ2) is 7.84. The molecule has 0 bridgehead atoms. The normalized spacial score (nSPS) is 12.3. The van der Waals surface area contributed by atoms with E-state index in [1.807, 2.05) is 26.8 Å². The van der Waals surface area contributed by atoms with Gasteiger partial charge < -0.3 is 10.6 Å². The third-order valence-corrected chi connectivity index (χ3v) is 5.86. The summed E-state index contributed by atoms with van der Waals surface area (Å²) in [6.07, 6.45) is 0. The van der Waals surface area contributed by atoms with Gasteiger partial charge >= 0.3 is 0 Å². The van der Waals surface area contributed by atoms with E-state index in [9.17, 15) is 14.4 Å². The molecule has 0 aliphatic heterocycles. The Morgan fingerprint density at radius 3 is 2.16 bits per heavy atom. The van der Waals surface area contributed by atoms with Gasteiger partial charge in [0.15, 0.2) is 11.6 Å². The summed E-state index contributed by atoms with van der Waals surface area (Å²) in [7, 11) is 0. The first kappa shape index (κ1) is 20.5. The highest BCUT2D eigenvalue weighted by Crippen LogP contribution is 2.36. The SMILES string of the molecule is CC(=O)NCc1c(C)cc(C)c(Nc2cccc3c2C(=O)c2ccccc2C3=O)c1C. The van der Waals surface area contributed by atoms with Crippen LogP contribution in [-0.4, -0.2) is 17.5 Å². The molecule has 0 aromatic heterocycles. The lowest BCUT2D eigenvalue weighted by atomic mass is 9.83. The van der Waals surface area contributed by atoms with Crippen molar-refractivity contribution in [3.05, 3.63) is 93.0 Å². The van der Waals surface area contributed by atoms with Crippen molar-refractivity contribution in [1.29, 1.82) is 0 Å². The number of ketones is 2. The van der Waals surface area contributed by atoms with E-state index in [1.165, 1.54) is 6.92 Å². The minimum Gasteiger partial charge on any atom is -0.354 e. The van der Waals surface area contributed by atoms with Crippen LogP contribution < -0.4 is 10.6 Å².